The largest absolute Gasteiger partial charge is 0.373 e. The molecule has 14 heavy (non-hydrogen) atoms. The first-order valence-electron chi connectivity index (χ1n) is 5.20. The summed E-state index contributed by atoms with van der Waals surface area (Å²) in [5, 5.41) is 2.10. The molecule has 0 atom stereocenters. The molecule has 0 aromatic carbocycles. The van der Waals surface area contributed by atoms with E-state index >= 15 is 0 Å². The van der Waals surface area contributed by atoms with Crippen molar-refractivity contribution in [3.63, 3.8) is 0 Å². The van der Waals surface area contributed by atoms with Crippen molar-refractivity contribution in [2.45, 2.75) is 44.8 Å². The first kappa shape index (κ1) is 10.7. The Morgan fingerprint density at radius 3 is 2.79 bits per heavy atom. The zero-order chi connectivity index (χ0) is 9.80. The van der Waals surface area contributed by atoms with Gasteiger partial charge in [-0.25, -0.2) is 0 Å². The van der Waals surface area contributed by atoms with Gasteiger partial charge in [-0.15, -0.1) is 11.3 Å². The van der Waals surface area contributed by atoms with Crippen molar-refractivity contribution in [3.05, 3.63) is 20.8 Å². The fourth-order valence-electron chi connectivity index (χ4n) is 1.85. The Bertz CT molecular complexity index is 279. The summed E-state index contributed by atoms with van der Waals surface area (Å²) in [6.07, 6.45) is 7.10. The van der Waals surface area contributed by atoms with Crippen LogP contribution >= 0.6 is 27.3 Å². The number of rotatable bonds is 3. The van der Waals surface area contributed by atoms with Gasteiger partial charge in [-0.2, -0.15) is 0 Å². The summed E-state index contributed by atoms with van der Waals surface area (Å²) >= 11 is 5.29. The molecule has 0 unspecified atom stereocenters. The Balaban J connectivity index is 1.79. The minimum absolute atomic E-state index is 0.512. The number of thiophene rings is 1. The van der Waals surface area contributed by atoms with Crippen molar-refractivity contribution >= 4 is 27.3 Å². The highest BCUT2D eigenvalue weighted by atomic mass is 79.9. The van der Waals surface area contributed by atoms with Crippen molar-refractivity contribution < 1.29 is 4.74 Å². The van der Waals surface area contributed by atoms with Gasteiger partial charge in [-0.3, -0.25) is 0 Å². The fourth-order valence-corrected chi connectivity index (χ4v) is 3.24. The Morgan fingerprint density at radius 1 is 1.36 bits per heavy atom. The highest BCUT2D eigenvalue weighted by molar-refractivity contribution is 9.10. The summed E-state index contributed by atoms with van der Waals surface area (Å²) in [4.78, 5) is 1.32. The van der Waals surface area contributed by atoms with E-state index in [1.807, 2.05) is 0 Å². The van der Waals surface area contributed by atoms with Gasteiger partial charge >= 0.3 is 0 Å². The maximum absolute atomic E-state index is 5.89. The molecule has 0 radical (unpaired) electrons. The number of ether oxygens (including phenoxy) is 1. The molecule has 3 heteroatoms. The third-order valence-corrected chi connectivity index (χ3v) is 4.59. The van der Waals surface area contributed by atoms with Crippen molar-refractivity contribution in [1.29, 1.82) is 0 Å². The molecule has 0 amide bonds. The third-order valence-electron chi connectivity index (χ3n) is 2.69. The predicted molar refractivity (Wildman–Crippen MR) is 63.7 cm³/mol. The van der Waals surface area contributed by atoms with Crippen LogP contribution in [0.5, 0.6) is 0 Å². The standard InChI is InChI=1S/C11H15BrOS/c12-10-6-7-14-11(10)8-13-9-4-2-1-3-5-9/h6-7,9H,1-5,8H2. The summed E-state index contributed by atoms with van der Waals surface area (Å²) in [6.45, 7) is 0.781. The SMILES string of the molecule is Brc1ccsc1COC1CCCCC1. The van der Waals surface area contributed by atoms with Gasteiger partial charge < -0.3 is 4.74 Å². The maximum Gasteiger partial charge on any atom is 0.0824 e. The van der Waals surface area contributed by atoms with E-state index in [0.717, 1.165) is 6.61 Å². The first-order chi connectivity index (χ1) is 6.86. The molecule has 1 aliphatic carbocycles. The molecule has 2 rings (SSSR count). The van der Waals surface area contributed by atoms with Crippen molar-refractivity contribution in [2.24, 2.45) is 0 Å². The lowest BCUT2D eigenvalue weighted by molar-refractivity contribution is 0.0180. The second-order valence-corrected chi connectivity index (χ2v) is 5.62. The Hall–Kier alpha value is 0.140. The van der Waals surface area contributed by atoms with Gasteiger partial charge in [0.25, 0.3) is 0 Å². The van der Waals surface area contributed by atoms with Crippen LogP contribution in [-0.2, 0) is 11.3 Å². The molecule has 1 aliphatic rings. The second-order valence-electron chi connectivity index (χ2n) is 3.76. The quantitative estimate of drug-likeness (QED) is 0.796. The van der Waals surface area contributed by atoms with Crippen LogP contribution in [0.3, 0.4) is 0 Å². The monoisotopic (exact) mass is 274 g/mol. The second kappa shape index (κ2) is 5.29. The van der Waals surface area contributed by atoms with Crippen LogP contribution in [0.25, 0.3) is 0 Å². The van der Waals surface area contributed by atoms with Gasteiger partial charge in [-0.05, 0) is 40.2 Å². The van der Waals surface area contributed by atoms with E-state index in [1.165, 1.54) is 41.5 Å². The molecule has 1 aromatic heterocycles. The van der Waals surface area contributed by atoms with Crippen LogP contribution < -0.4 is 0 Å². The van der Waals surface area contributed by atoms with Gasteiger partial charge in [0.1, 0.15) is 0 Å². The number of hydrogen-bond donors (Lipinski definition) is 0. The average Bonchev–Trinajstić information content (AvgIpc) is 2.63. The lowest BCUT2D eigenvalue weighted by atomic mass is 9.98. The minimum Gasteiger partial charge on any atom is -0.373 e. The van der Waals surface area contributed by atoms with Gasteiger partial charge in [0, 0.05) is 9.35 Å². The van der Waals surface area contributed by atoms with E-state index < -0.39 is 0 Å². The van der Waals surface area contributed by atoms with E-state index in [4.69, 9.17) is 4.74 Å². The van der Waals surface area contributed by atoms with E-state index in [0.29, 0.717) is 6.10 Å². The molecule has 1 saturated carbocycles. The molecule has 1 fully saturated rings. The van der Waals surface area contributed by atoms with E-state index in [9.17, 15) is 0 Å². The van der Waals surface area contributed by atoms with E-state index in [1.54, 1.807) is 11.3 Å². The van der Waals surface area contributed by atoms with Crippen molar-refractivity contribution in [2.75, 3.05) is 0 Å². The maximum atomic E-state index is 5.89. The van der Waals surface area contributed by atoms with Crippen molar-refractivity contribution in [3.8, 4) is 0 Å². The van der Waals surface area contributed by atoms with Crippen LogP contribution in [0.2, 0.25) is 0 Å². The third kappa shape index (κ3) is 2.81. The highest BCUT2D eigenvalue weighted by Gasteiger charge is 2.14. The number of halogens is 1. The molecule has 0 spiro atoms. The summed E-state index contributed by atoms with van der Waals surface area (Å²) in [7, 11) is 0. The van der Waals surface area contributed by atoms with E-state index in [2.05, 4.69) is 27.4 Å². The molecular formula is C11H15BrOS. The first-order valence-corrected chi connectivity index (χ1v) is 6.87. The summed E-state index contributed by atoms with van der Waals surface area (Å²) in [6, 6.07) is 2.09. The molecule has 0 bridgehead atoms. The molecular weight excluding hydrogens is 260 g/mol. The van der Waals surface area contributed by atoms with Crippen LogP contribution in [0.1, 0.15) is 37.0 Å². The zero-order valence-corrected chi connectivity index (χ0v) is 10.6. The zero-order valence-electron chi connectivity index (χ0n) is 8.17. The minimum atomic E-state index is 0.512. The predicted octanol–water partition coefficient (Wildman–Crippen LogP) is 4.36. The molecule has 0 saturated heterocycles. The van der Waals surface area contributed by atoms with Gasteiger partial charge in [0.05, 0.1) is 12.7 Å². The highest BCUT2D eigenvalue weighted by Crippen LogP contribution is 2.26. The average molecular weight is 275 g/mol. The van der Waals surface area contributed by atoms with Gasteiger partial charge in [-0.1, -0.05) is 19.3 Å². The lowest BCUT2D eigenvalue weighted by Gasteiger charge is -2.21. The molecule has 78 valence electrons. The smallest absolute Gasteiger partial charge is 0.0824 e. The molecule has 0 N–H and O–H groups in total. The van der Waals surface area contributed by atoms with Gasteiger partial charge in [0.15, 0.2) is 0 Å². The molecule has 1 nitrogen and oxygen atoms in total. The molecule has 1 aromatic rings. The Morgan fingerprint density at radius 2 is 2.14 bits per heavy atom. The lowest BCUT2D eigenvalue weighted by Crippen LogP contribution is -2.16. The molecule has 0 aliphatic heterocycles. The summed E-state index contributed by atoms with van der Waals surface area (Å²) in [5.74, 6) is 0. The normalized spacial score (nSPS) is 18.6. The topological polar surface area (TPSA) is 9.23 Å². The van der Waals surface area contributed by atoms with Gasteiger partial charge in [0.2, 0.25) is 0 Å². The Labute approximate surface area is 97.6 Å². The van der Waals surface area contributed by atoms with Crippen LogP contribution in [0, 0.1) is 0 Å². The van der Waals surface area contributed by atoms with Crippen LogP contribution in [0.15, 0.2) is 15.9 Å². The van der Waals surface area contributed by atoms with Crippen LogP contribution in [0.4, 0.5) is 0 Å². The Kier molecular flexibility index (Phi) is 4.02. The van der Waals surface area contributed by atoms with Crippen LogP contribution in [-0.4, -0.2) is 6.10 Å². The summed E-state index contributed by atoms with van der Waals surface area (Å²) < 4.78 is 7.08. The molecule has 1 heterocycles. The fraction of sp³-hybridized carbons (Fsp3) is 0.636. The summed E-state index contributed by atoms with van der Waals surface area (Å²) in [5.41, 5.74) is 0. The van der Waals surface area contributed by atoms with E-state index in [-0.39, 0.29) is 0 Å². The number of hydrogen-bond acceptors (Lipinski definition) is 2. The van der Waals surface area contributed by atoms with Crippen molar-refractivity contribution in [1.82, 2.24) is 0 Å².